The number of aryl methyl sites for hydroxylation is 1. The number of hydrogen-bond acceptors (Lipinski definition) is 6. The van der Waals surface area contributed by atoms with Crippen molar-refractivity contribution in [2.45, 2.75) is 31.8 Å². The van der Waals surface area contributed by atoms with Gasteiger partial charge in [-0.1, -0.05) is 25.1 Å². The number of nitrogens with zero attached hydrogens (tertiary/aromatic N) is 1. The van der Waals surface area contributed by atoms with Gasteiger partial charge in [-0.15, -0.1) is 0 Å². The minimum Gasteiger partial charge on any atom is -0.494 e. The van der Waals surface area contributed by atoms with Gasteiger partial charge in [-0.25, -0.2) is 4.98 Å². The van der Waals surface area contributed by atoms with Gasteiger partial charge in [0.05, 0.1) is 12.4 Å². The summed E-state index contributed by atoms with van der Waals surface area (Å²) in [4.78, 5) is 43.4. The Kier molecular flexibility index (Phi) is 8.65. The van der Waals surface area contributed by atoms with Crippen LogP contribution in [-0.2, 0) is 11.2 Å². The second-order valence-electron chi connectivity index (χ2n) is 7.12. The maximum atomic E-state index is 12.5. The first kappa shape index (κ1) is 24.1. The van der Waals surface area contributed by atoms with Gasteiger partial charge in [0, 0.05) is 28.7 Å². The largest absolute Gasteiger partial charge is 0.494 e. The van der Waals surface area contributed by atoms with Crippen LogP contribution in [0.4, 0.5) is 11.4 Å². The number of aromatic amines is 1. The number of nitrogens with one attached hydrogen (secondary N) is 3. The number of aromatic nitrogens is 2. The zero-order valence-corrected chi connectivity index (χ0v) is 19.3. The molecule has 0 aliphatic rings. The Morgan fingerprint density at radius 3 is 2.33 bits per heavy atom. The fraction of sp³-hybridized carbons (Fsp3) is 0.250. The lowest BCUT2D eigenvalue weighted by atomic mass is 10.2. The molecule has 172 valence electrons. The van der Waals surface area contributed by atoms with Crippen LogP contribution in [0.5, 0.6) is 5.75 Å². The van der Waals surface area contributed by atoms with Gasteiger partial charge in [-0.3, -0.25) is 14.4 Å². The van der Waals surface area contributed by atoms with Crippen LogP contribution in [-0.4, -0.2) is 34.1 Å². The van der Waals surface area contributed by atoms with Gasteiger partial charge in [0.2, 0.25) is 5.91 Å². The van der Waals surface area contributed by atoms with E-state index >= 15 is 0 Å². The van der Waals surface area contributed by atoms with Crippen LogP contribution >= 0.6 is 11.8 Å². The predicted octanol–water partition coefficient (Wildman–Crippen LogP) is 4.10. The molecule has 0 unspecified atom stereocenters. The molecule has 3 rings (SSSR count). The lowest BCUT2D eigenvalue weighted by Gasteiger charge is -2.09. The van der Waals surface area contributed by atoms with Gasteiger partial charge in [-0.2, -0.15) is 0 Å². The number of amides is 2. The van der Waals surface area contributed by atoms with Crippen molar-refractivity contribution in [2.75, 3.05) is 23.0 Å². The normalized spacial score (nSPS) is 10.5. The van der Waals surface area contributed by atoms with E-state index in [1.165, 1.54) is 6.07 Å². The van der Waals surface area contributed by atoms with E-state index in [4.69, 9.17) is 4.74 Å². The summed E-state index contributed by atoms with van der Waals surface area (Å²) >= 11 is 1.16. The van der Waals surface area contributed by atoms with E-state index in [0.717, 1.165) is 23.9 Å². The molecule has 1 heterocycles. The molecule has 0 fully saturated rings. The zero-order chi connectivity index (χ0) is 23.6. The molecule has 2 aromatic carbocycles. The molecule has 0 aliphatic carbocycles. The number of H-pyrrole nitrogens is 1. The molecule has 3 N–H and O–H groups in total. The monoisotopic (exact) mass is 466 g/mol. The fourth-order valence-corrected chi connectivity index (χ4v) is 3.67. The van der Waals surface area contributed by atoms with Crippen LogP contribution in [0.2, 0.25) is 0 Å². The number of rotatable bonds is 10. The number of thioether (sulfide) groups is 1. The lowest BCUT2D eigenvalue weighted by Crippen LogP contribution is -2.16. The van der Waals surface area contributed by atoms with Gasteiger partial charge in [0.25, 0.3) is 11.5 Å². The summed E-state index contributed by atoms with van der Waals surface area (Å²) < 4.78 is 5.39. The third kappa shape index (κ3) is 7.50. The van der Waals surface area contributed by atoms with E-state index in [9.17, 15) is 14.4 Å². The van der Waals surface area contributed by atoms with E-state index in [0.29, 0.717) is 40.8 Å². The summed E-state index contributed by atoms with van der Waals surface area (Å²) in [6.45, 7) is 4.50. The molecule has 0 aliphatic heterocycles. The third-order valence-electron chi connectivity index (χ3n) is 4.47. The fourth-order valence-electron chi connectivity index (χ4n) is 2.98. The summed E-state index contributed by atoms with van der Waals surface area (Å²) in [7, 11) is 0. The molecule has 1 aromatic heterocycles. The SMILES string of the molecule is CCCc1cc(=O)[nH]c(SCC(=O)Nc2ccc(C(=O)Nc3ccc(OCC)cc3)cc2)n1. The van der Waals surface area contributed by atoms with Crippen molar-refractivity contribution in [3.05, 3.63) is 76.2 Å². The molecule has 0 atom stereocenters. The molecule has 0 radical (unpaired) electrons. The molecule has 0 saturated heterocycles. The highest BCUT2D eigenvalue weighted by Gasteiger charge is 2.09. The van der Waals surface area contributed by atoms with Crippen molar-refractivity contribution >= 4 is 35.0 Å². The van der Waals surface area contributed by atoms with Gasteiger partial charge >= 0.3 is 0 Å². The highest BCUT2D eigenvalue weighted by Crippen LogP contribution is 2.18. The second-order valence-corrected chi connectivity index (χ2v) is 8.08. The average molecular weight is 467 g/mol. The highest BCUT2D eigenvalue weighted by molar-refractivity contribution is 7.99. The first-order chi connectivity index (χ1) is 16.0. The van der Waals surface area contributed by atoms with Crippen molar-refractivity contribution in [2.24, 2.45) is 0 Å². The van der Waals surface area contributed by atoms with Crippen LogP contribution in [0.3, 0.4) is 0 Å². The van der Waals surface area contributed by atoms with E-state index in [-0.39, 0.29) is 23.1 Å². The van der Waals surface area contributed by atoms with Crippen LogP contribution in [0.25, 0.3) is 0 Å². The van der Waals surface area contributed by atoms with Gasteiger partial charge in [0.1, 0.15) is 5.75 Å². The van der Waals surface area contributed by atoms with Crippen molar-refractivity contribution < 1.29 is 14.3 Å². The maximum absolute atomic E-state index is 12.5. The average Bonchev–Trinajstić information content (AvgIpc) is 2.79. The minimum absolute atomic E-state index is 0.0957. The van der Waals surface area contributed by atoms with E-state index < -0.39 is 0 Å². The van der Waals surface area contributed by atoms with E-state index in [1.807, 2.05) is 13.8 Å². The second kappa shape index (κ2) is 11.9. The summed E-state index contributed by atoms with van der Waals surface area (Å²) in [6, 6.07) is 15.2. The summed E-state index contributed by atoms with van der Waals surface area (Å²) in [5.41, 5.74) is 2.18. The molecule has 33 heavy (non-hydrogen) atoms. The highest BCUT2D eigenvalue weighted by atomic mass is 32.2. The third-order valence-corrected chi connectivity index (χ3v) is 5.35. The molecule has 0 saturated carbocycles. The Labute approximate surface area is 196 Å². The topological polar surface area (TPSA) is 113 Å². The first-order valence-corrected chi connectivity index (χ1v) is 11.6. The van der Waals surface area contributed by atoms with Crippen LogP contribution in [0.15, 0.2) is 64.5 Å². The van der Waals surface area contributed by atoms with Gasteiger partial charge in [-0.05, 0) is 61.9 Å². The van der Waals surface area contributed by atoms with Crippen LogP contribution < -0.4 is 20.9 Å². The van der Waals surface area contributed by atoms with Crippen LogP contribution in [0, 0.1) is 0 Å². The Balaban J connectivity index is 1.52. The van der Waals surface area contributed by atoms with Crippen molar-refractivity contribution in [3.8, 4) is 5.75 Å². The number of carbonyl (C=O) groups excluding carboxylic acids is 2. The number of hydrogen-bond donors (Lipinski definition) is 3. The predicted molar refractivity (Wildman–Crippen MR) is 130 cm³/mol. The zero-order valence-electron chi connectivity index (χ0n) is 18.5. The summed E-state index contributed by atoms with van der Waals surface area (Å²) in [5, 5.41) is 6.02. The molecule has 9 heteroatoms. The van der Waals surface area contributed by atoms with Gasteiger partial charge in [0.15, 0.2) is 5.16 Å². The standard InChI is InChI=1S/C24H26N4O4S/c1-3-5-19-14-21(29)28-24(27-19)33-15-22(30)25-17-8-6-16(7-9-17)23(31)26-18-10-12-20(13-11-18)32-4-2/h6-14H,3-5,15H2,1-2H3,(H,25,30)(H,26,31)(H,27,28,29). The summed E-state index contributed by atoms with van der Waals surface area (Å²) in [5.74, 6) is 0.340. The molecular formula is C24H26N4O4S. The Morgan fingerprint density at radius 2 is 1.67 bits per heavy atom. The summed E-state index contributed by atoms with van der Waals surface area (Å²) in [6.07, 6.45) is 1.59. The Morgan fingerprint density at radius 1 is 1.00 bits per heavy atom. The van der Waals surface area contributed by atoms with Crippen molar-refractivity contribution in [3.63, 3.8) is 0 Å². The number of carbonyl (C=O) groups is 2. The molecule has 3 aromatic rings. The van der Waals surface area contributed by atoms with Crippen molar-refractivity contribution in [1.29, 1.82) is 0 Å². The quantitative estimate of drug-likeness (QED) is 0.306. The van der Waals surface area contributed by atoms with Crippen LogP contribution in [0.1, 0.15) is 36.3 Å². The first-order valence-electron chi connectivity index (χ1n) is 10.6. The molecule has 0 bridgehead atoms. The van der Waals surface area contributed by atoms with Crippen molar-refractivity contribution in [1.82, 2.24) is 9.97 Å². The maximum Gasteiger partial charge on any atom is 0.255 e. The molecular weight excluding hydrogens is 440 g/mol. The minimum atomic E-state index is -0.255. The number of anilines is 2. The number of ether oxygens (including phenoxy) is 1. The Hall–Kier alpha value is -3.59. The molecule has 2 amide bonds. The molecule has 8 nitrogen and oxygen atoms in total. The van der Waals surface area contributed by atoms with E-state index in [1.54, 1.807) is 48.5 Å². The van der Waals surface area contributed by atoms with Gasteiger partial charge < -0.3 is 20.4 Å². The lowest BCUT2D eigenvalue weighted by molar-refractivity contribution is -0.113. The smallest absolute Gasteiger partial charge is 0.255 e. The Bertz CT molecular complexity index is 1140. The number of benzene rings is 2. The van der Waals surface area contributed by atoms with E-state index in [2.05, 4.69) is 20.6 Å². The molecule has 0 spiro atoms.